The van der Waals surface area contributed by atoms with Gasteiger partial charge in [0.05, 0.1) is 4.92 Å². The molecule has 0 spiro atoms. The first-order valence-corrected chi connectivity index (χ1v) is 5.47. The van der Waals surface area contributed by atoms with Gasteiger partial charge in [0.1, 0.15) is 0 Å². The van der Waals surface area contributed by atoms with Gasteiger partial charge in [-0.05, 0) is 18.6 Å². The average Bonchev–Trinajstić information content (AvgIpc) is 2.06. The van der Waals surface area contributed by atoms with Crippen molar-refractivity contribution in [2.45, 2.75) is 11.8 Å². The monoisotopic (exact) mass is 259 g/mol. The van der Waals surface area contributed by atoms with E-state index in [9.17, 15) is 18.5 Å². The number of nitro groups is 1. The number of rotatable bonds is 2. The molecule has 0 aliphatic rings. The molecule has 0 bridgehead atoms. The molecular weight excluding hydrogens is 253 g/mol. The van der Waals surface area contributed by atoms with Crippen molar-refractivity contribution in [3.05, 3.63) is 32.8 Å². The van der Waals surface area contributed by atoms with Crippen LogP contribution in [0.2, 0.25) is 5.02 Å². The van der Waals surface area contributed by atoms with Gasteiger partial charge >= 0.3 is 29.0 Å². The van der Waals surface area contributed by atoms with Crippen LogP contribution in [0.15, 0.2) is 17.0 Å². The van der Waals surface area contributed by atoms with E-state index in [-0.39, 0.29) is 23.9 Å². The Labute approximate surface area is 109 Å². The number of nitro benzene ring substituents is 1. The third-order valence-electron chi connectivity index (χ3n) is 1.71. The summed E-state index contributed by atoms with van der Waals surface area (Å²) in [5.41, 5.74) is -0.338. The van der Waals surface area contributed by atoms with Crippen molar-refractivity contribution >= 4 is 46.3 Å². The van der Waals surface area contributed by atoms with Crippen molar-refractivity contribution in [1.29, 1.82) is 0 Å². The van der Waals surface area contributed by atoms with Gasteiger partial charge in [0.2, 0.25) is 0 Å². The summed E-state index contributed by atoms with van der Waals surface area (Å²) in [6.45, 7) is 1.49. The Morgan fingerprint density at radius 2 is 1.94 bits per heavy atom. The molecule has 9 heteroatoms. The van der Waals surface area contributed by atoms with Crippen LogP contribution in [-0.2, 0) is 10.1 Å². The molecule has 0 fully saturated rings. The molecule has 0 saturated carbocycles. The molecule has 0 aliphatic heterocycles. The van der Waals surface area contributed by atoms with E-state index >= 15 is 0 Å². The van der Waals surface area contributed by atoms with Crippen LogP contribution < -0.4 is 0 Å². The minimum absolute atomic E-state index is 0. The van der Waals surface area contributed by atoms with Gasteiger partial charge in [-0.1, -0.05) is 11.6 Å². The summed E-state index contributed by atoms with van der Waals surface area (Å²) in [7, 11) is -4.64. The second-order valence-electron chi connectivity index (χ2n) is 2.80. The molecule has 0 unspecified atom stereocenters. The van der Waals surface area contributed by atoms with Crippen LogP contribution in [0.1, 0.15) is 5.56 Å². The predicted molar refractivity (Wildman–Crippen MR) is 59.8 cm³/mol. The van der Waals surface area contributed by atoms with Crippen molar-refractivity contribution in [3.63, 3.8) is 0 Å². The second-order valence-corrected chi connectivity index (χ2v) is 4.60. The van der Waals surface area contributed by atoms with Gasteiger partial charge in [0.15, 0.2) is 4.90 Å². The molecule has 0 saturated heterocycles. The summed E-state index contributed by atoms with van der Waals surface area (Å²) in [4.78, 5) is 8.82. The van der Waals surface area contributed by atoms with Crippen molar-refractivity contribution in [2.75, 3.05) is 0 Å². The van der Waals surface area contributed by atoms with Crippen molar-refractivity contribution < 1.29 is 17.9 Å². The molecule has 0 aromatic heterocycles. The van der Waals surface area contributed by atoms with Gasteiger partial charge in [0.25, 0.3) is 5.69 Å². The van der Waals surface area contributed by atoms with E-state index in [4.69, 9.17) is 16.2 Å². The molecule has 84 valence electrons. The Morgan fingerprint density at radius 1 is 1.44 bits per heavy atom. The summed E-state index contributed by atoms with van der Waals surface area (Å²) < 4.78 is 30.4. The molecule has 1 N–H and O–H groups in total. The van der Waals surface area contributed by atoms with E-state index in [0.29, 0.717) is 5.56 Å². The van der Waals surface area contributed by atoms with Crippen LogP contribution in [-0.4, -0.2) is 36.8 Å². The van der Waals surface area contributed by atoms with E-state index in [1.165, 1.54) is 6.92 Å². The summed E-state index contributed by atoms with van der Waals surface area (Å²) in [6, 6.07) is 1.84. The average molecular weight is 260 g/mol. The van der Waals surface area contributed by atoms with Gasteiger partial charge in [-0.3, -0.25) is 14.7 Å². The van der Waals surface area contributed by atoms with Crippen LogP contribution in [0, 0.1) is 17.0 Å². The van der Waals surface area contributed by atoms with E-state index in [0.717, 1.165) is 12.1 Å². The summed E-state index contributed by atoms with van der Waals surface area (Å²) >= 11 is 5.60. The van der Waals surface area contributed by atoms with E-state index in [2.05, 4.69) is 0 Å². The van der Waals surface area contributed by atoms with Gasteiger partial charge in [-0.2, -0.15) is 8.42 Å². The topological polar surface area (TPSA) is 97.5 Å². The number of aryl methyl sites for hydroxylation is 1. The van der Waals surface area contributed by atoms with Gasteiger partial charge in [0, 0.05) is 11.1 Å². The van der Waals surface area contributed by atoms with Crippen LogP contribution >= 0.6 is 11.6 Å². The molecule has 1 aromatic rings. The zero-order chi connectivity index (χ0) is 11.8. The van der Waals surface area contributed by atoms with Crippen LogP contribution in [0.3, 0.4) is 0 Å². The molecular formula is C7H7ClLiNO5S. The van der Waals surface area contributed by atoms with Crippen molar-refractivity contribution in [3.8, 4) is 0 Å². The van der Waals surface area contributed by atoms with Gasteiger partial charge in [-0.15, -0.1) is 0 Å². The van der Waals surface area contributed by atoms with Crippen LogP contribution in [0.5, 0.6) is 0 Å². The molecule has 6 nitrogen and oxygen atoms in total. The van der Waals surface area contributed by atoms with Crippen LogP contribution in [0.4, 0.5) is 5.69 Å². The Morgan fingerprint density at radius 3 is 2.31 bits per heavy atom. The quantitative estimate of drug-likeness (QED) is 0.372. The van der Waals surface area contributed by atoms with E-state index in [1.807, 2.05) is 0 Å². The van der Waals surface area contributed by atoms with Crippen molar-refractivity contribution in [2.24, 2.45) is 0 Å². The van der Waals surface area contributed by atoms with Gasteiger partial charge < -0.3 is 0 Å². The molecule has 16 heavy (non-hydrogen) atoms. The van der Waals surface area contributed by atoms with Crippen molar-refractivity contribution in [1.82, 2.24) is 0 Å². The maximum absolute atomic E-state index is 10.8. The molecule has 0 radical (unpaired) electrons. The van der Waals surface area contributed by atoms with E-state index < -0.39 is 25.6 Å². The Bertz CT molecular complexity index is 530. The molecule has 1 aromatic carbocycles. The van der Waals surface area contributed by atoms with Gasteiger partial charge in [-0.25, -0.2) is 0 Å². The SMILES string of the molecule is Cc1cc([N+](=O)[O-])c(S(=O)(=O)O)cc1Cl.[LiH]. The summed E-state index contributed by atoms with van der Waals surface area (Å²) in [5, 5.41) is 10.6. The second kappa shape index (κ2) is 5.16. The fourth-order valence-corrected chi connectivity index (χ4v) is 1.89. The summed E-state index contributed by atoms with van der Waals surface area (Å²) in [6.07, 6.45) is 0. The number of halogens is 1. The Kier molecular flexibility index (Phi) is 4.98. The first-order valence-electron chi connectivity index (χ1n) is 3.65. The number of benzene rings is 1. The zero-order valence-electron chi connectivity index (χ0n) is 7.47. The predicted octanol–water partition coefficient (Wildman–Crippen LogP) is 1.15. The Hall–Kier alpha value is -0.583. The summed E-state index contributed by atoms with van der Waals surface area (Å²) in [5.74, 6) is 0. The Balaban J connectivity index is 0.00000225. The zero-order valence-corrected chi connectivity index (χ0v) is 9.04. The molecule has 0 atom stereocenters. The number of hydrogen-bond donors (Lipinski definition) is 1. The third-order valence-corrected chi connectivity index (χ3v) is 3.00. The normalized spacial score (nSPS) is 10.7. The standard InChI is InChI=1S/C7H6ClNO5S.Li.H/c1-4-2-6(9(10)11)7(3-5(4)8)15(12,13)14;;/h2-3H,1H3,(H,12,13,14);;. The van der Waals surface area contributed by atoms with Crippen LogP contribution in [0.25, 0.3) is 0 Å². The molecule has 0 amide bonds. The molecule has 1 rings (SSSR count). The van der Waals surface area contributed by atoms with E-state index in [1.54, 1.807) is 0 Å². The maximum atomic E-state index is 10.8. The minimum atomic E-state index is -4.64. The number of hydrogen-bond acceptors (Lipinski definition) is 4. The first-order chi connectivity index (χ1) is 6.73. The fraction of sp³-hybridized carbons (Fsp3) is 0.143. The third kappa shape index (κ3) is 3.20. The number of nitrogens with zero attached hydrogens (tertiary/aromatic N) is 1. The molecule has 0 heterocycles. The molecule has 0 aliphatic carbocycles. The fourth-order valence-electron chi connectivity index (χ4n) is 0.997. The first kappa shape index (κ1) is 15.4.